The van der Waals surface area contributed by atoms with E-state index in [0.717, 1.165) is 0 Å². The SMILES string of the molecule is CC(=O)NCCc1nnc(SCC(=O)c2ccc(S(=O)(=O)N3CCOCC3)cc2)n1C. The Morgan fingerprint density at radius 2 is 1.84 bits per heavy atom. The summed E-state index contributed by atoms with van der Waals surface area (Å²) >= 11 is 1.26. The molecule has 0 atom stereocenters. The molecule has 1 aromatic carbocycles. The number of carbonyl (C=O) groups excluding carboxylic acids is 2. The molecule has 0 spiro atoms. The van der Waals surface area contributed by atoms with Crippen LogP contribution in [0.15, 0.2) is 34.3 Å². The van der Waals surface area contributed by atoms with Crippen molar-refractivity contribution in [3.63, 3.8) is 0 Å². The van der Waals surface area contributed by atoms with E-state index in [1.54, 1.807) is 11.6 Å². The number of benzene rings is 1. The van der Waals surface area contributed by atoms with E-state index >= 15 is 0 Å². The van der Waals surface area contributed by atoms with Gasteiger partial charge in [0, 0.05) is 45.6 Å². The molecule has 0 aliphatic carbocycles. The summed E-state index contributed by atoms with van der Waals surface area (Å²) in [6.07, 6.45) is 0.538. The molecule has 1 fully saturated rings. The topological polar surface area (TPSA) is 123 Å². The number of nitrogens with zero attached hydrogens (tertiary/aromatic N) is 4. The van der Waals surface area contributed by atoms with Crippen molar-refractivity contribution < 1.29 is 22.7 Å². The zero-order chi connectivity index (χ0) is 22.4. The summed E-state index contributed by atoms with van der Waals surface area (Å²) in [6.45, 7) is 3.32. The number of morpholine rings is 1. The summed E-state index contributed by atoms with van der Waals surface area (Å²) in [5.74, 6) is 0.614. The predicted octanol–water partition coefficient (Wildman–Crippen LogP) is 0.490. The van der Waals surface area contributed by atoms with Crippen LogP contribution >= 0.6 is 11.8 Å². The average molecular weight is 468 g/mol. The summed E-state index contributed by atoms with van der Waals surface area (Å²) in [5, 5.41) is 11.5. The number of sulfonamides is 1. The molecule has 0 radical (unpaired) electrons. The van der Waals surface area contributed by atoms with Crippen LogP contribution in [0.25, 0.3) is 0 Å². The maximum Gasteiger partial charge on any atom is 0.243 e. The summed E-state index contributed by atoms with van der Waals surface area (Å²) in [6, 6.07) is 5.99. The van der Waals surface area contributed by atoms with Crippen molar-refractivity contribution in [2.45, 2.75) is 23.4 Å². The number of amides is 1. The molecular formula is C19H25N5O5S2. The monoisotopic (exact) mass is 467 g/mol. The van der Waals surface area contributed by atoms with Crippen LogP contribution in [0.3, 0.4) is 0 Å². The quantitative estimate of drug-likeness (QED) is 0.417. The van der Waals surface area contributed by atoms with Gasteiger partial charge in [0.05, 0.1) is 23.9 Å². The molecule has 0 saturated carbocycles. The van der Waals surface area contributed by atoms with Gasteiger partial charge in [-0.1, -0.05) is 23.9 Å². The number of Topliss-reactive ketones (excluding diaryl/α,β-unsaturated/α-hetero) is 1. The third-order valence-electron chi connectivity index (χ3n) is 4.76. The van der Waals surface area contributed by atoms with Crippen LogP contribution in [-0.4, -0.2) is 77.8 Å². The van der Waals surface area contributed by atoms with Gasteiger partial charge in [0.25, 0.3) is 0 Å². The molecule has 12 heteroatoms. The van der Waals surface area contributed by atoms with Crippen molar-refractivity contribution in [1.29, 1.82) is 0 Å². The zero-order valence-corrected chi connectivity index (χ0v) is 19.0. The summed E-state index contributed by atoms with van der Waals surface area (Å²) in [4.78, 5) is 23.7. The number of hydrogen-bond donors (Lipinski definition) is 1. The highest BCUT2D eigenvalue weighted by atomic mass is 32.2. The number of aromatic nitrogens is 3. The number of nitrogens with one attached hydrogen (secondary N) is 1. The fourth-order valence-corrected chi connectivity index (χ4v) is 5.23. The van der Waals surface area contributed by atoms with E-state index < -0.39 is 10.0 Å². The molecule has 1 aliphatic heterocycles. The number of thioether (sulfide) groups is 1. The Bertz CT molecular complexity index is 1030. The van der Waals surface area contributed by atoms with Gasteiger partial charge in [0.15, 0.2) is 10.9 Å². The van der Waals surface area contributed by atoms with Gasteiger partial charge < -0.3 is 14.6 Å². The van der Waals surface area contributed by atoms with Crippen molar-refractivity contribution in [3.8, 4) is 0 Å². The lowest BCUT2D eigenvalue weighted by molar-refractivity contribution is -0.118. The van der Waals surface area contributed by atoms with E-state index in [1.807, 2.05) is 0 Å². The van der Waals surface area contributed by atoms with Crippen molar-refractivity contribution in [2.24, 2.45) is 7.05 Å². The molecule has 0 unspecified atom stereocenters. The first-order valence-corrected chi connectivity index (χ1v) is 12.2. The Morgan fingerprint density at radius 3 is 2.48 bits per heavy atom. The number of hydrogen-bond acceptors (Lipinski definition) is 8. The zero-order valence-electron chi connectivity index (χ0n) is 17.4. The lowest BCUT2D eigenvalue weighted by Crippen LogP contribution is -2.40. The summed E-state index contributed by atoms with van der Waals surface area (Å²) < 4.78 is 33.7. The molecule has 2 heterocycles. The van der Waals surface area contributed by atoms with E-state index in [0.29, 0.717) is 55.8 Å². The van der Waals surface area contributed by atoms with Gasteiger partial charge in [0.1, 0.15) is 5.82 Å². The predicted molar refractivity (Wildman–Crippen MR) is 114 cm³/mol. The molecule has 31 heavy (non-hydrogen) atoms. The molecule has 1 aromatic heterocycles. The minimum absolute atomic E-state index is 0.105. The molecule has 0 bridgehead atoms. The van der Waals surface area contributed by atoms with Gasteiger partial charge in [-0.05, 0) is 12.1 Å². The third kappa shape index (κ3) is 5.91. The Balaban J connectivity index is 1.58. The summed E-state index contributed by atoms with van der Waals surface area (Å²) in [5.41, 5.74) is 0.432. The van der Waals surface area contributed by atoms with Gasteiger partial charge in [-0.15, -0.1) is 10.2 Å². The molecular weight excluding hydrogens is 442 g/mol. The average Bonchev–Trinajstić information content (AvgIpc) is 3.12. The molecule has 3 rings (SSSR count). The van der Waals surface area contributed by atoms with Gasteiger partial charge in [-0.2, -0.15) is 4.31 Å². The number of ether oxygens (including phenoxy) is 1. The second kappa shape index (κ2) is 10.4. The Labute approximate surface area is 185 Å². The molecule has 2 aromatic rings. The molecule has 168 valence electrons. The first-order valence-electron chi connectivity index (χ1n) is 9.75. The maximum absolute atomic E-state index is 12.7. The lowest BCUT2D eigenvalue weighted by atomic mass is 10.1. The van der Waals surface area contributed by atoms with E-state index in [4.69, 9.17) is 4.74 Å². The fraction of sp³-hybridized carbons (Fsp3) is 0.474. The fourth-order valence-electron chi connectivity index (χ4n) is 3.00. The van der Waals surface area contributed by atoms with Crippen molar-refractivity contribution in [2.75, 3.05) is 38.6 Å². The van der Waals surface area contributed by atoms with Crippen LogP contribution in [0.5, 0.6) is 0 Å². The molecule has 10 nitrogen and oxygen atoms in total. The highest BCUT2D eigenvalue weighted by molar-refractivity contribution is 7.99. The van der Waals surface area contributed by atoms with Crippen LogP contribution < -0.4 is 5.32 Å². The van der Waals surface area contributed by atoms with Gasteiger partial charge in [-0.25, -0.2) is 8.42 Å². The first kappa shape index (κ1) is 23.4. The van der Waals surface area contributed by atoms with Gasteiger partial charge >= 0.3 is 0 Å². The summed E-state index contributed by atoms with van der Waals surface area (Å²) in [7, 11) is -1.78. The molecule has 1 amide bonds. The number of rotatable bonds is 9. The van der Waals surface area contributed by atoms with Crippen molar-refractivity contribution in [3.05, 3.63) is 35.7 Å². The highest BCUT2D eigenvalue weighted by Gasteiger charge is 2.26. The van der Waals surface area contributed by atoms with E-state index in [1.165, 1.54) is 47.3 Å². The van der Waals surface area contributed by atoms with E-state index in [-0.39, 0.29) is 22.3 Å². The standard InChI is InChI=1S/C19H25N5O5S2/c1-14(25)20-8-7-18-21-22-19(23(18)2)30-13-17(26)15-3-5-16(6-4-15)31(27,28)24-9-11-29-12-10-24/h3-6H,7-13H2,1-2H3,(H,20,25). The Kier molecular flexibility index (Phi) is 7.81. The van der Waals surface area contributed by atoms with Crippen LogP contribution in [0.4, 0.5) is 0 Å². The number of ketones is 1. The Morgan fingerprint density at radius 1 is 1.16 bits per heavy atom. The van der Waals surface area contributed by atoms with E-state index in [2.05, 4.69) is 15.5 Å². The van der Waals surface area contributed by atoms with Crippen LogP contribution in [0.2, 0.25) is 0 Å². The number of carbonyl (C=O) groups is 2. The normalized spacial score (nSPS) is 15.0. The third-order valence-corrected chi connectivity index (χ3v) is 7.70. The highest BCUT2D eigenvalue weighted by Crippen LogP contribution is 2.20. The smallest absolute Gasteiger partial charge is 0.243 e. The van der Waals surface area contributed by atoms with E-state index in [9.17, 15) is 18.0 Å². The molecule has 1 saturated heterocycles. The largest absolute Gasteiger partial charge is 0.379 e. The maximum atomic E-state index is 12.7. The second-order valence-electron chi connectivity index (χ2n) is 6.94. The van der Waals surface area contributed by atoms with Gasteiger partial charge in [0.2, 0.25) is 15.9 Å². The second-order valence-corrected chi connectivity index (χ2v) is 9.82. The Hall–Kier alpha value is -2.28. The van der Waals surface area contributed by atoms with Crippen LogP contribution in [-0.2, 0) is 33.0 Å². The van der Waals surface area contributed by atoms with Crippen LogP contribution in [0.1, 0.15) is 23.1 Å². The lowest BCUT2D eigenvalue weighted by Gasteiger charge is -2.26. The van der Waals surface area contributed by atoms with Crippen molar-refractivity contribution in [1.82, 2.24) is 24.4 Å². The van der Waals surface area contributed by atoms with Crippen molar-refractivity contribution >= 4 is 33.5 Å². The van der Waals surface area contributed by atoms with Crippen LogP contribution in [0, 0.1) is 0 Å². The first-order chi connectivity index (χ1) is 14.8. The molecule has 1 aliphatic rings. The molecule has 1 N–H and O–H groups in total. The van der Waals surface area contributed by atoms with Gasteiger partial charge in [-0.3, -0.25) is 9.59 Å². The minimum Gasteiger partial charge on any atom is -0.379 e. The minimum atomic E-state index is -3.59.